The first kappa shape index (κ1) is 14.6. The lowest BCUT2D eigenvalue weighted by Crippen LogP contribution is -2.57. The van der Waals surface area contributed by atoms with Gasteiger partial charge in [0.05, 0.1) is 12.6 Å². The minimum atomic E-state index is -0.0565. The van der Waals surface area contributed by atoms with E-state index in [9.17, 15) is 9.59 Å². The van der Waals surface area contributed by atoms with Crippen LogP contribution in [0.3, 0.4) is 0 Å². The number of rotatable bonds is 2. The normalized spacial score (nSPS) is 28.0. The van der Waals surface area contributed by atoms with Crippen LogP contribution in [-0.2, 0) is 9.59 Å². The SMILES string of the molecule is Cl.O=C(C1CCCCN1)N1CCN(C2CC2)C(=O)C1. The second-order valence-electron chi connectivity index (χ2n) is 5.58. The summed E-state index contributed by atoms with van der Waals surface area (Å²) < 4.78 is 0. The highest BCUT2D eigenvalue weighted by atomic mass is 35.5. The number of amides is 2. The van der Waals surface area contributed by atoms with Crippen LogP contribution in [0.4, 0.5) is 0 Å². The van der Waals surface area contributed by atoms with E-state index in [2.05, 4.69) is 5.32 Å². The average Bonchev–Trinajstić information content (AvgIpc) is 3.23. The molecule has 6 heteroatoms. The molecular weight excluding hydrogens is 266 g/mol. The fourth-order valence-electron chi connectivity index (χ4n) is 2.93. The molecule has 0 spiro atoms. The summed E-state index contributed by atoms with van der Waals surface area (Å²) in [7, 11) is 0. The fraction of sp³-hybridized carbons (Fsp3) is 0.846. The van der Waals surface area contributed by atoms with Gasteiger partial charge in [0.2, 0.25) is 11.8 Å². The molecule has 1 saturated carbocycles. The predicted molar refractivity (Wildman–Crippen MR) is 74.2 cm³/mol. The van der Waals surface area contributed by atoms with Crippen molar-refractivity contribution in [2.45, 2.75) is 44.2 Å². The number of carbonyl (C=O) groups is 2. The summed E-state index contributed by atoms with van der Waals surface area (Å²) in [4.78, 5) is 28.0. The van der Waals surface area contributed by atoms with Gasteiger partial charge in [0, 0.05) is 19.1 Å². The van der Waals surface area contributed by atoms with Crippen LogP contribution in [0.1, 0.15) is 32.1 Å². The van der Waals surface area contributed by atoms with Gasteiger partial charge in [-0.25, -0.2) is 0 Å². The van der Waals surface area contributed by atoms with Crippen molar-refractivity contribution in [3.05, 3.63) is 0 Å². The zero-order valence-electron chi connectivity index (χ0n) is 11.1. The molecule has 1 aliphatic carbocycles. The lowest BCUT2D eigenvalue weighted by molar-refractivity contribution is -0.147. The Kier molecular flexibility index (Phi) is 4.68. The van der Waals surface area contributed by atoms with Crippen molar-refractivity contribution in [3.8, 4) is 0 Å². The van der Waals surface area contributed by atoms with E-state index in [0.29, 0.717) is 12.6 Å². The van der Waals surface area contributed by atoms with E-state index in [4.69, 9.17) is 0 Å². The molecule has 2 amide bonds. The molecule has 1 N–H and O–H groups in total. The molecule has 1 atom stereocenters. The first-order valence-corrected chi connectivity index (χ1v) is 7.07. The molecule has 3 fully saturated rings. The van der Waals surface area contributed by atoms with E-state index >= 15 is 0 Å². The van der Waals surface area contributed by atoms with E-state index in [1.54, 1.807) is 4.90 Å². The molecule has 0 aromatic carbocycles. The molecule has 3 rings (SSSR count). The van der Waals surface area contributed by atoms with Crippen LogP contribution >= 0.6 is 12.4 Å². The molecule has 5 nitrogen and oxygen atoms in total. The maximum absolute atomic E-state index is 12.3. The van der Waals surface area contributed by atoms with Gasteiger partial charge in [-0.05, 0) is 32.2 Å². The number of halogens is 1. The number of carbonyl (C=O) groups excluding carboxylic acids is 2. The lowest BCUT2D eigenvalue weighted by atomic mass is 10.0. The molecule has 19 heavy (non-hydrogen) atoms. The third-order valence-corrected chi connectivity index (χ3v) is 4.17. The van der Waals surface area contributed by atoms with E-state index in [-0.39, 0.29) is 36.8 Å². The van der Waals surface area contributed by atoms with Gasteiger partial charge in [-0.3, -0.25) is 9.59 Å². The van der Waals surface area contributed by atoms with Gasteiger partial charge >= 0.3 is 0 Å². The molecule has 1 unspecified atom stereocenters. The summed E-state index contributed by atoms with van der Waals surface area (Å²) in [5.41, 5.74) is 0. The Labute approximate surface area is 120 Å². The number of nitrogens with one attached hydrogen (secondary N) is 1. The highest BCUT2D eigenvalue weighted by molar-refractivity contribution is 5.88. The topological polar surface area (TPSA) is 52.7 Å². The zero-order valence-corrected chi connectivity index (χ0v) is 12.0. The molecule has 0 aromatic heterocycles. The van der Waals surface area contributed by atoms with Gasteiger partial charge in [0.25, 0.3) is 0 Å². The van der Waals surface area contributed by atoms with Crippen molar-refractivity contribution in [1.82, 2.24) is 15.1 Å². The second-order valence-corrected chi connectivity index (χ2v) is 5.58. The summed E-state index contributed by atoms with van der Waals surface area (Å²) in [6.45, 7) is 2.64. The molecular formula is C13H22ClN3O2. The van der Waals surface area contributed by atoms with Gasteiger partial charge in [0.15, 0.2) is 0 Å². The van der Waals surface area contributed by atoms with E-state index < -0.39 is 0 Å². The van der Waals surface area contributed by atoms with Crippen molar-refractivity contribution in [3.63, 3.8) is 0 Å². The van der Waals surface area contributed by atoms with Crippen molar-refractivity contribution in [2.24, 2.45) is 0 Å². The third kappa shape index (κ3) is 3.20. The maximum atomic E-state index is 12.3. The first-order valence-electron chi connectivity index (χ1n) is 7.07. The summed E-state index contributed by atoms with van der Waals surface area (Å²) >= 11 is 0. The van der Waals surface area contributed by atoms with Gasteiger partial charge < -0.3 is 15.1 Å². The molecule has 2 aliphatic heterocycles. The molecule has 2 heterocycles. The first-order chi connectivity index (χ1) is 8.75. The van der Waals surface area contributed by atoms with E-state index in [0.717, 1.165) is 45.2 Å². The largest absolute Gasteiger partial charge is 0.336 e. The Hall–Kier alpha value is -0.810. The van der Waals surface area contributed by atoms with Crippen LogP contribution in [0.25, 0.3) is 0 Å². The van der Waals surface area contributed by atoms with Crippen LogP contribution in [-0.4, -0.2) is 59.9 Å². The Morgan fingerprint density at radius 1 is 1.16 bits per heavy atom. The van der Waals surface area contributed by atoms with Gasteiger partial charge in [0.1, 0.15) is 0 Å². The molecule has 0 bridgehead atoms. The number of hydrogen-bond donors (Lipinski definition) is 1. The number of piperazine rings is 1. The second kappa shape index (κ2) is 6.09. The molecule has 0 radical (unpaired) electrons. The fourth-order valence-corrected chi connectivity index (χ4v) is 2.93. The summed E-state index contributed by atoms with van der Waals surface area (Å²) in [5.74, 6) is 0.256. The van der Waals surface area contributed by atoms with Crippen molar-refractivity contribution >= 4 is 24.2 Å². The van der Waals surface area contributed by atoms with Crippen LogP contribution < -0.4 is 5.32 Å². The smallest absolute Gasteiger partial charge is 0.242 e. The maximum Gasteiger partial charge on any atom is 0.242 e. The molecule has 2 saturated heterocycles. The summed E-state index contributed by atoms with van der Waals surface area (Å²) in [5, 5.41) is 3.26. The quantitative estimate of drug-likeness (QED) is 0.799. The van der Waals surface area contributed by atoms with Crippen LogP contribution in [0.5, 0.6) is 0 Å². The molecule has 3 aliphatic rings. The van der Waals surface area contributed by atoms with Crippen molar-refractivity contribution < 1.29 is 9.59 Å². The predicted octanol–water partition coefficient (Wildman–Crippen LogP) is 0.384. The van der Waals surface area contributed by atoms with Crippen molar-refractivity contribution in [1.29, 1.82) is 0 Å². The molecule has 108 valence electrons. The molecule has 0 aromatic rings. The Morgan fingerprint density at radius 2 is 1.95 bits per heavy atom. The average molecular weight is 288 g/mol. The van der Waals surface area contributed by atoms with Gasteiger partial charge in [-0.2, -0.15) is 0 Å². The Bertz CT molecular complexity index is 354. The standard InChI is InChI=1S/C13H21N3O2.ClH/c17-12-9-15(7-8-16(12)10-4-5-10)13(18)11-3-1-2-6-14-11;/h10-11,14H,1-9H2;1H. The lowest BCUT2D eigenvalue weighted by Gasteiger charge is -2.37. The van der Waals surface area contributed by atoms with E-state index in [1.807, 2.05) is 4.90 Å². The summed E-state index contributed by atoms with van der Waals surface area (Å²) in [6.07, 6.45) is 5.46. The number of piperidine rings is 1. The third-order valence-electron chi connectivity index (χ3n) is 4.17. The minimum absolute atomic E-state index is 0. The monoisotopic (exact) mass is 287 g/mol. The summed E-state index contributed by atoms with van der Waals surface area (Å²) in [6, 6.07) is 0.418. The number of nitrogens with zero attached hydrogens (tertiary/aromatic N) is 2. The zero-order chi connectivity index (χ0) is 12.5. The van der Waals surface area contributed by atoms with Gasteiger partial charge in [-0.15, -0.1) is 12.4 Å². The van der Waals surface area contributed by atoms with E-state index in [1.165, 1.54) is 0 Å². The Balaban J connectivity index is 0.00000133. The van der Waals surface area contributed by atoms with Gasteiger partial charge in [-0.1, -0.05) is 6.42 Å². The van der Waals surface area contributed by atoms with Crippen LogP contribution in [0, 0.1) is 0 Å². The Morgan fingerprint density at radius 3 is 2.53 bits per heavy atom. The highest BCUT2D eigenvalue weighted by Crippen LogP contribution is 2.28. The van der Waals surface area contributed by atoms with Crippen molar-refractivity contribution in [2.75, 3.05) is 26.2 Å². The number of hydrogen-bond acceptors (Lipinski definition) is 3. The minimum Gasteiger partial charge on any atom is -0.336 e. The highest BCUT2D eigenvalue weighted by Gasteiger charge is 2.38. The van der Waals surface area contributed by atoms with Crippen LogP contribution in [0.15, 0.2) is 0 Å². The van der Waals surface area contributed by atoms with Crippen LogP contribution in [0.2, 0.25) is 0 Å².